The molecule has 37 heavy (non-hydrogen) atoms. The highest BCUT2D eigenvalue weighted by Crippen LogP contribution is 2.32. The van der Waals surface area contributed by atoms with Crippen LogP contribution < -0.4 is 0 Å². The summed E-state index contributed by atoms with van der Waals surface area (Å²) in [6.45, 7) is 13.9. The van der Waals surface area contributed by atoms with E-state index in [1.54, 1.807) is 24.3 Å². The molecule has 0 heterocycles. The molecule has 0 saturated heterocycles. The van der Waals surface area contributed by atoms with Gasteiger partial charge in [-0.05, 0) is 49.2 Å². The fourth-order valence-electron chi connectivity index (χ4n) is 3.16. The van der Waals surface area contributed by atoms with Gasteiger partial charge in [0.15, 0.2) is 0 Å². The molecule has 0 atom stereocenters. The van der Waals surface area contributed by atoms with Crippen LogP contribution in [0.4, 0.5) is 0 Å². The fourth-order valence-corrected chi connectivity index (χ4v) is 3.16. The van der Waals surface area contributed by atoms with Crippen molar-refractivity contribution >= 4 is 23.9 Å². The SMILES string of the molecule is C=C(C)C(=O)OCCOC(=O)c1ccc(C(C)(C)c2ccc(C(=O)OCCOC(=O)C(=C)C)cc2)cc1. The molecule has 0 unspecified atom stereocenters. The van der Waals surface area contributed by atoms with E-state index in [0.717, 1.165) is 11.1 Å². The lowest BCUT2D eigenvalue weighted by Gasteiger charge is -2.26. The van der Waals surface area contributed by atoms with Crippen molar-refractivity contribution < 1.29 is 38.1 Å². The summed E-state index contributed by atoms with van der Waals surface area (Å²) in [6, 6.07) is 14.0. The summed E-state index contributed by atoms with van der Waals surface area (Å²) in [5.74, 6) is -2.11. The molecule has 8 nitrogen and oxygen atoms in total. The monoisotopic (exact) mass is 508 g/mol. The van der Waals surface area contributed by atoms with Gasteiger partial charge in [-0.1, -0.05) is 51.3 Å². The molecule has 0 aliphatic carbocycles. The second-order valence-corrected chi connectivity index (χ2v) is 8.88. The normalized spacial score (nSPS) is 10.7. The molecule has 0 spiro atoms. The van der Waals surface area contributed by atoms with E-state index in [1.807, 2.05) is 38.1 Å². The number of rotatable bonds is 12. The zero-order valence-electron chi connectivity index (χ0n) is 21.6. The molecule has 2 aromatic carbocycles. The van der Waals surface area contributed by atoms with Crippen molar-refractivity contribution in [2.24, 2.45) is 0 Å². The maximum absolute atomic E-state index is 12.3. The molecule has 0 amide bonds. The van der Waals surface area contributed by atoms with E-state index in [9.17, 15) is 19.2 Å². The molecular formula is C29H32O8. The van der Waals surface area contributed by atoms with Crippen LogP contribution in [0.25, 0.3) is 0 Å². The number of hydrogen-bond acceptors (Lipinski definition) is 8. The van der Waals surface area contributed by atoms with E-state index in [-0.39, 0.29) is 37.6 Å². The predicted octanol–water partition coefficient (Wildman–Crippen LogP) is 4.56. The average molecular weight is 509 g/mol. The summed E-state index contributed by atoms with van der Waals surface area (Å²) in [6.07, 6.45) is 0. The summed E-state index contributed by atoms with van der Waals surface area (Å²) in [5, 5.41) is 0. The number of carbonyl (C=O) groups is 4. The van der Waals surface area contributed by atoms with Gasteiger partial charge >= 0.3 is 23.9 Å². The van der Waals surface area contributed by atoms with Crippen molar-refractivity contribution in [3.8, 4) is 0 Å². The van der Waals surface area contributed by atoms with E-state index in [1.165, 1.54) is 13.8 Å². The Morgan fingerprint density at radius 3 is 1.19 bits per heavy atom. The zero-order chi connectivity index (χ0) is 27.6. The molecule has 0 radical (unpaired) electrons. The zero-order valence-corrected chi connectivity index (χ0v) is 21.6. The minimum atomic E-state index is -0.533. The molecule has 0 aliphatic rings. The van der Waals surface area contributed by atoms with Crippen LogP contribution in [-0.4, -0.2) is 50.3 Å². The Hall–Kier alpha value is -4.20. The molecule has 0 aromatic heterocycles. The third kappa shape index (κ3) is 8.45. The predicted molar refractivity (Wildman–Crippen MR) is 137 cm³/mol. The van der Waals surface area contributed by atoms with Gasteiger partial charge in [-0.3, -0.25) is 0 Å². The quantitative estimate of drug-likeness (QED) is 0.178. The van der Waals surface area contributed by atoms with Crippen LogP contribution in [0.3, 0.4) is 0 Å². The van der Waals surface area contributed by atoms with Gasteiger partial charge < -0.3 is 18.9 Å². The maximum atomic E-state index is 12.3. The van der Waals surface area contributed by atoms with Gasteiger partial charge in [0.1, 0.15) is 26.4 Å². The van der Waals surface area contributed by atoms with Crippen molar-refractivity contribution in [1.29, 1.82) is 0 Å². The molecule has 2 aromatic rings. The Balaban J connectivity index is 1.93. The second kappa shape index (κ2) is 13.2. The minimum absolute atomic E-state index is 0.0471. The first-order valence-electron chi connectivity index (χ1n) is 11.6. The lowest BCUT2D eigenvalue weighted by Crippen LogP contribution is -2.20. The smallest absolute Gasteiger partial charge is 0.338 e. The Morgan fingerprint density at radius 2 is 0.892 bits per heavy atom. The number of benzene rings is 2. The molecule has 0 bridgehead atoms. The number of carbonyl (C=O) groups excluding carboxylic acids is 4. The maximum Gasteiger partial charge on any atom is 0.338 e. The van der Waals surface area contributed by atoms with Crippen LogP contribution in [0.1, 0.15) is 59.5 Å². The van der Waals surface area contributed by atoms with Gasteiger partial charge in [0.2, 0.25) is 0 Å². The van der Waals surface area contributed by atoms with E-state index in [4.69, 9.17) is 18.9 Å². The Labute approximate surface area is 216 Å². The fraction of sp³-hybridized carbons (Fsp3) is 0.310. The standard InChI is InChI=1S/C29H32O8/c1-19(2)25(30)34-15-17-36-27(32)21-7-11-23(12-8-21)29(5,6)24-13-9-22(10-14-24)28(33)37-18-16-35-26(31)20(3)4/h7-14H,1,3,15-18H2,2,4-6H3. The molecular weight excluding hydrogens is 476 g/mol. The third-order valence-electron chi connectivity index (χ3n) is 5.48. The molecule has 196 valence electrons. The van der Waals surface area contributed by atoms with Crippen LogP contribution in [0.5, 0.6) is 0 Å². The molecule has 2 rings (SSSR count). The van der Waals surface area contributed by atoms with Crippen molar-refractivity contribution in [1.82, 2.24) is 0 Å². The molecule has 0 saturated carbocycles. The lowest BCUT2D eigenvalue weighted by atomic mass is 9.78. The van der Waals surface area contributed by atoms with E-state index < -0.39 is 29.3 Å². The van der Waals surface area contributed by atoms with Gasteiger partial charge in [0.25, 0.3) is 0 Å². The van der Waals surface area contributed by atoms with E-state index in [0.29, 0.717) is 11.1 Å². The van der Waals surface area contributed by atoms with Crippen LogP contribution in [0.15, 0.2) is 72.8 Å². The molecule has 0 N–H and O–H groups in total. The van der Waals surface area contributed by atoms with E-state index >= 15 is 0 Å². The molecule has 8 heteroatoms. The van der Waals surface area contributed by atoms with Crippen LogP contribution in [0, 0.1) is 0 Å². The van der Waals surface area contributed by atoms with Gasteiger partial charge in [-0.15, -0.1) is 0 Å². The summed E-state index contributed by atoms with van der Waals surface area (Å²) in [4.78, 5) is 47.2. The van der Waals surface area contributed by atoms with Gasteiger partial charge in [-0.25, -0.2) is 19.2 Å². The Bertz CT molecular complexity index is 1070. The Morgan fingerprint density at radius 1 is 0.595 bits per heavy atom. The second-order valence-electron chi connectivity index (χ2n) is 8.88. The van der Waals surface area contributed by atoms with Gasteiger partial charge in [0.05, 0.1) is 11.1 Å². The first-order valence-corrected chi connectivity index (χ1v) is 11.6. The first-order chi connectivity index (χ1) is 17.4. The van der Waals surface area contributed by atoms with Crippen molar-refractivity contribution in [2.75, 3.05) is 26.4 Å². The highest BCUT2D eigenvalue weighted by molar-refractivity contribution is 5.90. The molecule has 0 aliphatic heterocycles. The van der Waals surface area contributed by atoms with Crippen LogP contribution >= 0.6 is 0 Å². The Kier molecular flexibility index (Phi) is 10.4. The summed E-state index contributed by atoms with van der Waals surface area (Å²) in [5.41, 5.74) is 2.79. The topological polar surface area (TPSA) is 105 Å². The minimum Gasteiger partial charge on any atom is -0.459 e. The van der Waals surface area contributed by atoms with Gasteiger partial charge in [-0.2, -0.15) is 0 Å². The van der Waals surface area contributed by atoms with Crippen molar-refractivity contribution in [3.63, 3.8) is 0 Å². The van der Waals surface area contributed by atoms with E-state index in [2.05, 4.69) is 13.2 Å². The largest absolute Gasteiger partial charge is 0.459 e. The average Bonchev–Trinajstić information content (AvgIpc) is 2.88. The number of esters is 4. The van der Waals surface area contributed by atoms with Crippen LogP contribution in [-0.2, 0) is 34.0 Å². The van der Waals surface area contributed by atoms with Crippen molar-refractivity contribution in [2.45, 2.75) is 33.1 Å². The summed E-state index contributed by atoms with van der Waals surface area (Å²) < 4.78 is 20.1. The van der Waals surface area contributed by atoms with Crippen molar-refractivity contribution in [3.05, 3.63) is 95.1 Å². The summed E-state index contributed by atoms with van der Waals surface area (Å²) >= 11 is 0. The number of ether oxygens (including phenoxy) is 4. The number of hydrogen-bond donors (Lipinski definition) is 0. The third-order valence-corrected chi connectivity index (χ3v) is 5.48. The highest BCUT2D eigenvalue weighted by Gasteiger charge is 2.24. The first kappa shape index (κ1) is 29.0. The van der Waals surface area contributed by atoms with Gasteiger partial charge in [0, 0.05) is 16.6 Å². The highest BCUT2D eigenvalue weighted by atomic mass is 16.6. The van der Waals surface area contributed by atoms with Crippen LogP contribution in [0.2, 0.25) is 0 Å². The lowest BCUT2D eigenvalue weighted by molar-refractivity contribution is -0.140. The molecule has 0 fully saturated rings. The summed E-state index contributed by atoms with van der Waals surface area (Å²) in [7, 11) is 0.